The standard InChI is InChI=1S/C11H19BrN4O/c1-13-10-9(12)11(16-8-15-10)14-6-4-2-3-5-7-17/h8,17H,2-7H2,1H3,(H2,13,14,15,16). The van der Waals surface area contributed by atoms with Gasteiger partial charge in [-0.15, -0.1) is 0 Å². The first-order chi connectivity index (χ1) is 8.29. The lowest BCUT2D eigenvalue weighted by atomic mass is 10.2. The molecule has 1 aromatic heterocycles. The number of hydrogen-bond acceptors (Lipinski definition) is 5. The maximum Gasteiger partial charge on any atom is 0.145 e. The third-order valence-electron chi connectivity index (χ3n) is 2.40. The van der Waals surface area contributed by atoms with Crippen LogP contribution in [0, 0.1) is 0 Å². The zero-order valence-corrected chi connectivity index (χ0v) is 11.6. The smallest absolute Gasteiger partial charge is 0.145 e. The van der Waals surface area contributed by atoms with Crippen molar-refractivity contribution in [2.45, 2.75) is 25.7 Å². The third-order valence-corrected chi connectivity index (χ3v) is 3.15. The van der Waals surface area contributed by atoms with Gasteiger partial charge in [-0.1, -0.05) is 12.8 Å². The van der Waals surface area contributed by atoms with Crippen LogP contribution in [0.2, 0.25) is 0 Å². The molecule has 0 aliphatic rings. The number of nitrogens with one attached hydrogen (secondary N) is 2. The van der Waals surface area contributed by atoms with Crippen molar-refractivity contribution >= 4 is 27.6 Å². The summed E-state index contributed by atoms with van der Waals surface area (Å²) in [5, 5.41) is 14.9. The van der Waals surface area contributed by atoms with Crippen LogP contribution in [0.5, 0.6) is 0 Å². The summed E-state index contributed by atoms with van der Waals surface area (Å²) < 4.78 is 0.859. The Morgan fingerprint density at radius 1 is 1.18 bits per heavy atom. The first kappa shape index (κ1) is 14.2. The topological polar surface area (TPSA) is 70.1 Å². The second-order valence-electron chi connectivity index (χ2n) is 3.70. The van der Waals surface area contributed by atoms with E-state index in [2.05, 4.69) is 36.5 Å². The first-order valence-electron chi connectivity index (χ1n) is 5.82. The Morgan fingerprint density at radius 2 is 1.88 bits per heavy atom. The van der Waals surface area contributed by atoms with Gasteiger partial charge in [0, 0.05) is 20.2 Å². The minimum Gasteiger partial charge on any atom is -0.396 e. The Labute approximate surface area is 110 Å². The predicted molar refractivity (Wildman–Crippen MR) is 73.3 cm³/mol. The highest BCUT2D eigenvalue weighted by Crippen LogP contribution is 2.25. The molecular formula is C11H19BrN4O. The molecule has 0 aliphatic carbocycles. The summed E-state index contributed by atoms with van der Waals surface area (Å²) in [5.41, 5.74) is 0. The van der Waals surface area contributed by atoms with Crippen LogP contribution in [0.3, 0.4) is 0 Å². The van der Waals surface area contributed by atoms with E-state index in [1.54, 1.807) is 0 Å². The summed E-state index contributed by atoms with van der Waals surface area (Å²) in [7, 11) is 1.83. The van der Waals surface area contributed by atoms with E-state index < -0.39 is 0 Å². The van der Waals surface area contributed by atoms with Gasteiger partial charge in [-0.25, -0.2) is 9.97 Å². The molecule has 1 heterocycles. The van der Waals surface area contributed by atoms with Crippen LogP contribution in [0.1, 0.15) is 25.7 Å². The van der Waals surface area contributed by atoms with Crippen molar-refractivity contribution in [1.29, 1.82) is 0 Å². The van der Waals surface area contributed by atoms with Crippen molar-refractivity contribution in [3.63, 3.8) is 0 Å². The summed E-state index contributed by atoms with van der Waals surface area (Å²) >= 11 is 3.45. The average Bonchev–Trinajstić information content (AvgIpc) is 2.35. The molecule has 0 spiro atoms. The fraction of sp³-hybridized carbons (Fsp3) is 0.636. The van der Waals surface area contributed by atoms with Crippen molar-refractivity contribution in [3.8, 4) is 0 Å². The third kappa shape index (κ3) is 4.87. The molecule has 0 amide bonds. The lowest BCUT2D eigenvalue weighted by Crippen LogP contribution is -2.06. The molecule has 0 atom stereocenters. The van der Waals surface area contributed by atoms with Gasteiger partial charge < -0.3 is 15.7 Å². The number of halogens is 1. The second kappa shape index (κ2) is 8.25. The molecule has 6 heteroatoms. The van der Waals surface area contributed by atoms with Crippen LogP contribution in [-0.4, -0.2) is 35.3 Å². The minimum absolute atomic E-state index is 0.288. The van der Waals surface area contributed by atoms with Crippen molar-refractivity contribution in [1.82, 2.24) is 9.97 Å². The van der Waals surface area contributed by atoms with E-state index in [-0.39, 0.29) is 6.61 Å². The number of anilines is 2. The molecule has 0 saturated carbocycles. The molecule has 0 saturated heterocycles. The molecule has 0 aliphatic heterocycles. The lowest BCUT2D eigenvalue weighted by Gasteiger charge is -2.09. The van der Waals surface area contributed by atoms with E-state index in [1.807, 2.05) is 7.05 Å². The fourth-order valence-corrected chi connectivity index (χ4v) is 2.01. The number of aromatic nitrogens is 2. The van der Waals surface area contributed by atoms with E-state index in [4.69, 9.17) is 5.11 Å². The van der Waals surface area contributed by atoms with Crippen LogP contribution in [0.25, 0.3) is 0 Å². The highest BCUT2D eigenvalue weighted by atomic mass is 79.9. The highest BCUT2D eigenvalue weighted by molar-refractivity contribution is 9.10. The van der Waals surface area contributed by atoms with E-state index >= 15 is 0 Å². The maximum absolute atomic E-state index is 8.65. The van der Waals surface area contributed by atoms with Gasteiger partial charge in [0.2, 0.25) is 0 Å². The molecule has 5 nitrogen and oxygen atoms in total. The fourth-order valence-electron chi connectivity index (χ4n) is 1.46. The number of aliphatic hydroxyl groups is 1. The summed E-state index contributed by atoms with van der Waals surface area (Å²) in [5.74, 6) is 1.59. The summed E-state index contributed by atoms with van der Waals surface area (Å²) in [6.07, 6.45) is 5.69. The Bertz CT molecular complexity index is 335. The van der Waals surface area contributed by atoms with Crippen LogP contribution >= 0.6 is 15.9 Å². The molecule has 0 aromatic carbocycles. The van der Waals surface area contributed by atoms with Crippen molar-refractivity contribution in [2.24, 2.45) is 0 Å². The zero-order chi connectivity index (χ0) is 12.5. The SMILES string of the molecule is CNc1ncnc(NCCCCCCO)c1Br. The highest BCUT2D eigenvalue weighted by Gasteiger charge is 2.05. The first-order valence-corrected chi connectivity index (χ1v) is 6.62. The molecule has 96 valence electrons. The van der Waals surface area contributed by atoms with Gasteiger partial charge in [0.05, 0.1) is 0 Å². The largest absolute Gasteiger partial charge is 0.396 e. The van der Waals surface area contributed by atoms with E-state index in [0.29, 0.717) is 0 Å². The molecule has 0 fully saturated rings. The molecule has 0 bridgehead atoms. The number of aliphatic hydroxyl groups excluding tert-OH is 1. The second-order valence-corrected chi connectivity index (χ2v) is 4.49. The number of rotatable bonds is 8. The summed E-state index contributed by atoms with van der Waals surface area (Å²) in [4.78, 5) is 8.26. The van der Waals surface area contributed by atoms with E-state index in [9.17, 15) is 0 Å². The van der Waals surface area contributed by atoms with Crippen LogP contribution in [0.15, 0.2) is 10.8 Å². The summed E-state index contributed by atoms with van der Waals surface area (Å²) in [6, 6.07) is 0. The molecular weight excluding hydrogens is 284 g/mol. The molecule has 1 aromatic rings. The van der Waals surface area contributed by atoms with Crippen LogP contribution < -0.4 is 10.6 Å². The lowest BCUT2D eigenvalue weighted by molar-refractivity contribution is 0.283. The van der Waals surface area contributed by atoms with Gasteiger partial charge in [-0.05, 0) is 28.8 Å². The average molecular weight is 303 g/mol. The van der Waals surface area contributed by atoms with Gasteiger partial charge in [0.1, 0.15) is 22.4 Å². The van der Waals surface area contributed by atoms with Crippen molar-refractivity contribution in [3.05, 3.63) is 10.8 Å². The Balaban J connectivity index is 2.31. The van der Waals surface area contributed by atoms with Crippen molar-refractivity contribution in [2.75, 3.05) is 30.8 Å². The maximum atomic E-state index is 8.65. The normalized spacial score (nSPS) is 10.3. The Kier molecular flexibility index (Phi) is 6.88. The van der Waals surface area contributed by atoms with Gasteiger partial charge in [0.25, 0.3) is 0 Å². The Hall–Kier alpha value is -0.880. The quantitative estimate of drug-likeness (QED) is 0.643. The monoisotopic (exact) mass is 302 g/mol. The molecule has 0 radical (unpaired) electrons. The van der Waals surface area contributed by atoms with Gasteiger partial charge in [-0.2, -0.15) is 0 Å². The van der Waals surface area contributed by atoms with Crippen LogP contribution in [-0.2, 0) is 0 Å². The number of hydrogen-bond donors (Lipinski definition) is 3. The zero-order valence-electron chi connectivity index (χ0n) is 10.0. The molecule has 1 rings (SSSR count). The molecule has 0 unspecified atom stereocenters. The number of nitrogens with zero attached hydrogens (tertiary/aromatic N) is 2. The van der Waals surface area contributed by atoms with Gasteiger partial charge in [0.15, 0.2) is 0 Å². The minimum atomic E-state index is 0.288. The molecule has 17 heavy (non-hydrogen) atoms. The number of unbranched alkanes of at least 4 members (excludes halogenated alkanes) is 3. The van der Waals surface area contributed by atoms with E-state index in [0.717, 1.165) is 48.3 Å². The van der Waals surface area contributed by atoms with Crippen molar-refractivity contribution < 1.29 is 5.11 Å². The Morgan fingerprint density at radius 3 is 2.59 bits per heavy atom. The summed E-state index contributed by atoms with van der Waals surface area (Å²) in [6.45, 7) is 1.17. The van der Waals surface area contributed by atoms with Gasteiger partial charge in [-0.3, -0.25) is 0 Å². The molecule has 3 N–H and O–H groups in total. The van der Waals surface area contributed by atoms with Crippen LogP contribution in [0.4, 0.5) is 11.6 Å². The van der Waals surface area contributed by atoms with E-state index in [1.165, 1.54) is 6.33 Å². The van der Waals surface area contributed by atoms with Gasteiger partial charge >= 0.3 is 0 Å². The predicted octanol–water partition coefficient (Wildman–Crippen LogP) is 2.25.